The number of carbonyl (C=O) groups is 2. The lowest BCUT2D eigenvalue weighted by molar-refractivity contribution is -0.140. The van der Waals surface area contributed by atoms with Crippen LogP contribution in [0.25, 0.3) is 5.76 Å². The fourth-order valence-electron chi connectivity index (χ4n) is 3.24. The number of β-amino-alcohol motifs (C(OH)–C–C–N with tert-alkyl or cyclic N) is 1. The zero-order valence-electron chi connectivity index (χ0n) is 15.0. The Kier molecular flexibility index (Phi) is 5.35. The van der Waals surface area contributed by atoms with Crippen molar-refractivity contribution in [3.05, 3.63) is 75.8 Å². The van der Waals surface area contributed by atoms with Gasteiger partial charge in [0.2, 0.25) is 0 Å². The predicted molar refractivity (Wildman–Crippen MR) is 103 cm³/mol. The van der Waals surface area contributed by atoms with E-state index in [2.05, 4.69) is 0 Å². The topological polar surface area (TPSA) is 77.8 Å². The van der Waals surface area contributed by atoms with Crippen molar-refractivity contribution >= 4 is 29.1 Å². The third-order valence-corrected chi connectivity index (χ3v) is 4.73. The lowest BCUT2D eigenvalue weighted by atomic mass is 9.95. The van der Waals surface area contributed by atoms with E-state index in [1.54, 1.807) is 36.4 Å². The molecule has 27 heavy (non-hydrogen) atoms. The molecular weight excluding hydrogens is 366 g/mol. The number of hydrogen-bond acceptors (Lipinski definition) is 4. The number of aliphatic hydroxyl groups excluding tert-OH is 2. The molecule has 0 saturated carbocycles. The number of rotatable bonds is 4. The highest BCUT2D eigenvalue weighted by Crippen LogP contribution is 2.40. The summed E-state index contributed by atoms with van der Waals surface area (Å²) in [4.78, 5) is 26.6. The van der Waals surface area contributed by atoms with Crippen molar-refractivity contribution in [3.63, 3.8) is 0 Å². The minimum atomic E-state index is -0.829. The number of amides is 1. The van der Waals surface area contributed by atoms with Crippen molar-refractivity contribution in [3.8, 4) is 0 Å². The molecule has 2 aromatic carbocycles. The molecule has 2 N–H and O–H groups in total. The number of aliphatic hydroxyl groups is 2. The highest BCUT2D eigenvalue weighted by molar-refractivity contribution is 6.46. The molecule has 1 aliphatic rings. The smallest absolute Gasteiger partial charge is 0.295 e. The quantitative estimate of drug-likeness (QED) is 0.480. The summed E-state index contributed by atoms with van der Waals surface area (Å²) < 4.78 is 0. The van der Waals surface area contributed by atoms with Gasteiger partial charge < -0.3 is 15.1 Å². The summed E-state index contributed by atoms with van der Waals surface area (Å²) in [5.41, 5.74) is 2.04. The number of nitrogens with zero attached hydrogens (tertiary/aromatic N) is 1. The monoisotopic (exact) mass is 385 g/mol. The van der Waals surface area contributed by atoms with Crippen LogP contribution in [0.2, 0.25) is 5.02 Å². The maximum Gasteiger partial charge on any atom is 0.295 e. The van der Waals surface area contributed by atoms with E-state index in [-0.39, 0.29) is 17.9 Å². The molecule has 0 radical (unpaired) electrons. The standard InChI is InChI=1S/C21H20ClNO4/c1-12-6-8-14(9-7-12)19(25)17-18(15-4-3-5-16(22)10-15)23(11-13(2)24)21(27)20(17)26/h3-10,13,18,24-25H,11H2,1-2H3. The number of aryl methyl sites for hydroxylation is 1. The molecule has 0 aromatic heterocycles. The normalized spacial score (nSPS) is 20.1. The Labute approximate surface area is 162 Å². The van der Waals surface area contributed by atoms with Crippen LogP contribution in [0.3, 0.4) is 0 Å². The molecule has 6 heteroatoms. The first-order chi connectivity index (χ1) is 12.8. The summed E-state index contributed by atoms with van der Waals surface area (Å²) in [5.74, 6) is -1.78. The van der Waals surface area contributed by atoms with Gasteiger partial charge in [0.05, 0.1) is 17.7 Å². The molecule has 1 heterocycles. The molecule has 140 valence electrons. The minimum absolute atomic E-state index is 0.00762. The van der Waals surface area contributed by atoms with Gasteiger partial charge in [-0.3, -0.25) is 9.59 Å². The van der Waals surface area contributed by atoms with Crippen LogP contribution in [0, 0.1) is 6.92 Å². The third-order valence-electron chi connectivity index (χ3n) is 4.49. The number of halogens is 1. The van der Waals surface area contributed by atoms with Gasteiger partial charge in [-0.15, -0.1) is 0 Å². The summed E-state index contributed by atoms with van der Waals surface area (Å²) in [6.07, 6.45) is -0.829. The maximum absolute atomic E-state index is 12.7. The number of carbonyl (C=O) groups excluding carboxylic acids is 2. The van der Waals surface area contributed by atoms with Gasteiger partial charge in [-0.25, -0.2) is 0 Å². The molecule has 2 unspecified atom stereocenters. The van der Waals surface area contributed by atoms with Crippen LogP contribution in [-0.4, -0.2) is 39.5 Å². The zero-order chi connectivity index (χ0) is 19.7. The van der Waals surface area contributed by atoms with Gasteiger partial charge in [0.25, 0.3) is 11.7 Å². The van der Waals surface area contributed by atoms with Gasteiger partial charge in [-0.2, -0.15) is 0 Å². The molecule has 1 amide bonds. The molecule has 0 spiro atoms. The number of Topliss-reactive ketones (excluding diaryl/α,β-unsaturated/α-hetero) is 1. The summed E-state index contributed by atoms with van der Waals surface area (Å²) in [5, 5.41) is 21.1. The van der Waals surface area contributed by atoms with Gasteiger partial charge in [0.15, 0.2) is 0 Å². The van der Waals surface area contributed by atoms with Crippen LogP contribution in [-0.2, 0) is 9.59 Å². The molecule has 2 aromatic rings. The number of benzene rings is 2. The number of hydrogen-bond donors (Lipinski definition) is 2. The van der Waals surface area contributed by atoms with E-state index in [1.165, 1.54) is 11.8 Å². The molecule has 1 fully saturated rings. The van der Waals surface area contributed by atoms with E-state index in [1.807, 2.05) is 19.1 Å². The molecular formula is C21H20ClNO4. The zero-order valence-corrected chi connectivity index (χ0v) is 15.8. The lowest BCUT2D eigenvalue weighted by Crippen LogP contribution is -2.35. The lowest BCUT2D eigenvalue weighted by Gasteiger charge is -2.26. The van der Waals surface area contributed by atoms with E-state index in [9.17, 15) is 19.8 Å². The Morgan fingerprint density at radius 3 is 2.44 bits per heavy atom. The first-order valence-electron chi connectivity index (χ1n) is 8.58. The molecule has 3 rings (SSSR count). The van der Waals surface area contributed by atoms with E-state index in [0.717, 1.165) is 5.56 Å². The van der Waals surface area contributed by atoms with Crippen molar-refractivity contribution < 1.29 is 19.8 Å². The van der Waals surface area contributed by atoms with Gasteiger partial charge in [-0.1, -0.05) is 53.6 Å². The Hall–Kier alpha value is -2.63. The fourth-order valence-corrected chi connectivity index (χ4v) is 3.44. The number of likely N-dealkylation sites (tertiary alicyclic amines) is 1. The molecule has 0 aliphatic carbocycles. The molecule has 0 bridgehead atoms. The largest absolute Gasteiger partial charge is 0.507 e. The summed E-state index contributed by atoms with van der Waals surface area (Å²) >= 11 is 6.09. The summed E-state index contributed by atoms with van der Waals surface area (Å²) in [6, 6.07) is 13.0. The SMILES string of the molecule is Cc1ccc(C(O)=C2C(=O)C(=O)N(CC(C)O)C2c2cccc(Cl)c2)cc1. The molecule has 1 saturated heterocycles. The van der Waals surface area contributed by atoms with Crippen LogP contribution in [0.4, 0.5) is 0 Å². The van der Waals surface area contributed by atoms with Crippen LogP contribution in [0.1, 0.15) is 29.7 Å². The number of ketones is 1. The Bertz CT molecular complexity index is 918. The fraction of sp³-hybridized carbons (Fsp3) is 0.238. The molecule has 1 aliphatic heterocycles. The third kappa shape index (κ3) is 3.75. The van der Waals surface area contributed by atoms with Gasteiger partial charge in [0, 0.05) is 17.1 Å². The van der Waals surface area contributed by atoms with E-state index in [4.69, 9.17) is 11.6 Å². The van der Waals surface area contributed by atoms with E-state index in [0.29, 0.717) is 16.1 Å². The van der Waals surface area contributed by atoms with Crippen molar-refractivity contribution in [1.82, 2.24) is 4.90 Å². The first kappa shape index (κ1) is 19.1. The predicted octanol–water partition coefficient (Wildman–Crippen LogP) is 3.45. The highest BCUT2D eigenvalue weighted by atomic mass is 35.5. The van der Waals surface area contributed by atoms with Gasteiger partial charge in [0.1, 0.15) is 5.76 Å². The molecule has 2 atom stereocenters. The second-order valence-corrected chi connectivity index (χ2v) is 7.16. The first-order valence-corrected chi connectivity index (χ1v) is 8.96. The van der Waals surface area contributed by atoms with Gasteiger partial charge >= 0.3 is 0 Å². The van der Waals surface area contributed by atoms with Crippen molar-refractivity contribution in [2.24, 2.45) is 0 Å². The van der Waals surface area contributed by atoms with Crippen LogP contribution in [0.5, 0.6) is 0 Å². The Balaban J connectivity index is 2.19. The Morgan fingerprint density at radius 2 is 1.85 bits per heavy atom. The van der Waals surface area contributed by atoms with Crippen molar-refractivity contribution in [1.29, 1.82) is 0 Å². The highest BCUT2D eigenvalue weighted by Gasteiger charge is 2.46. The van der Waals surface area contributed by atoms with Crippen molar-refractivity contribution in [2.45, 2.75) is 26.0 Å². The van der Waals surface area contributed by atoms with Crippen LogP contribution >= 0.6 is 11.6 Å². The average molecular weight is 386 g/mol. The van der Waals surface area contributed by atoms with E-state index < -0.39 is 23.8 Å². The summed E-state index contributed by atoms with van der Waals surface area (Å²) in [6.45, 7) is 3.41. The minimum Gasteiger partial charge on any atom is -0.507 e. The second-order valence-electron chi connectivity index (χ2n) is 6.72. The summed E-state index contributed by atoms with van der Waals surface area (Å²) in [7, 11) is 0. The average Bonchev–Trinajstić information content (AvgIpc) is 2.86. The Morgan fingerprint density at radius 1 is 1.19 bits per heavy atom. The van der Waals surface area contributed by atoms with Crippen LogP contribution < -0.4 is 0 Å². The van der Waals surface area contributed by atoms with Gasteiger partial charge in [-0.05, 0) is 31.5 Å². The van der Waals surface area contributed by atoms with Crippen LogP contribution in [0.15, 0.2) is 54.1 Å². The maximum atomic E-state index is 12.7. The second kappa shape index (κ2) is 7.55. The van der Waals surface area contributed by atoms with E-state index >= 15 is 0 Å². The molecule has 5 nitrogen and oxygen atoms in total. The van der Waals surface area contributed by atoms with Crippen molar-refractivity contribution in [2.75, 3.05) is 6.54 Å².